The molecule has 1 rings (SSSR count). The molecule has 0 amide bonds. The summed E-state index contributed by atoms with van der Waals surface area (Å²) in [6, 6.07) is 1.77. The Hall–Kier alpha value is 0.0300. The van der Waals surface area contributed by atoms with Crippen molar-refractivity contribution in [2.75, 3.05) is 6.61 Å². The third kappa shape index (κ3) is 2.26. The van der Waals surface area contributed by atoms with Gasteiger partial charge in [-0.3, -0.25) is 4.98 Å². The van der Waals surface area contributed by atoms with Crippen LogP contribution in [-0.4, -0.2) is 21.8 Å². The van der Waals surface area contributed by atoms with E-state index in [9.17, 15) is 5.11 Å². The van der Waals surface area contributed by atoms with Crippen LogP contribution in [0.3, 0.4) is 0 Å². The van der Waals surface area contributed by atoms with Gasteiger partial charge in [-0.15, -0.1) is 0 Å². The molecule has 66 valence electrons. The highest BCUT2D eigenvalue weighted by molar-refractivity contribution is 9.11. The Balaban J connectivity index is 3.01. The van der Waals surface area contributed by atoms with Crippen LogP contribution in [0.1, 0.15) is 11.8 Å². The zero-order valence-electron chi connectivity index (χ0n) is 6.04. The molecule has 1 aromatic heterocycles. The van der Waals surface area contributed by atoms with E-state index in [2.05, 4.69) is 36.8 Å². The number of nitrogens with zero attached hydrogens (tertiary/aromatic N) is 1. The van der Waals surface area contributed by atoms with Crippen LogP contribution < -0.4 is 0 Å². The minimum absolute atomic E-state index is 0.326. The Morgan fingerprint density at radius 3 is 2.67 bits per heavy atom. The average molecular weight is 297 g/mol. The van der Waals surface area contributed by atoms with Gasteiger partial charge in [-0.1, -0.05) is 0 Å². The number of pyridine rings is 1. The first kappa shape index (κ1) is 10.1. The van der Waals surface area contributed by atoms with Crippen molar-refractivity contribution < 1.29 is 10.2 Å². The first-order valence-corrected chi connectivity index (χ1v) is 4.83. The highest BCUT2D eigenvalue weighted by Gasteiger charge is 2.11. The summed E-state index contributed by atoms with van der Waals surface area (Å²) in [6.07, 6.45) is 0.645. The summed E-state index contributed by atoms with van der Waals surface area (Å²) in [6.45, 7) is -0.326. The van der Waals surface area contributed by atoms with Crippen molar-refractivity contribution in [1.82, 2.24) is 4.98 Å². The maximum atomic E-state index is 9.24. The standard InChI is InChI=1S/C7H7Br2NO2/c8-4-1-5(9)7(10-2-4)6(12)3-11/h1-2,6,11-12H,3H2. The second kappa shape index (κ2) is 4.32. The molecule has 0 bridgehead atoms. The molecule has 1 heterocycles. The summed E-state index contributed by atoms with van der Waals surface area (Å²) in [5.74, 6) is 0. The molecule has 0 fully saturated rings. The lowest BCUT2D eigenvalue weighted by Crippen LogP contribution is -2.05. The monoisotopic (exact) mass is 295 g/mol. The van der Waals surface area contributed by atoms with E-state index < -0.39 is 6.10 Å². The molecule has 0 aliphatic heterocycles. The number of aliphatic hydroxyl groups is 2. The van der Waals surface area contributed by atoms with Crippen LogP contribution in [0.5, 0.6) is 0 Å². The molecule has 0 saturated carbocycles. The van der Waals surface area contributed by atoms with Gasteiger partial charge in [0.2, 0.25) is 0 Å². The third-order valence-electron chi connectivity index (χ3n) is 1.32. The van der Waals surface area contributed by atoms with E-state index in [1.807, 2.05) is 0 Å². The molecule has 1 aromatic rings. The summed E-state index contributed by atoms with van der Waals surface area (Å²) in [5, 5.41) is 17.9. The quantitative estimate of drug-likeness (QED) is 0.872. The highest BCUT2D eigenvalue weighted by Crippen LogP contribution is 2.23. The largest absolute Gasteiger partial charge is 0.393 e. The Bertz CT molecular complexity index is 280. The molecule has 2 N–H and O–H groups in total. The molecule has 0 saturated heterocycles. The molecule has 5 heteroatoms. The number of rotatable bonds is 2. The molecular weight excluding hydrogens is 290 g/mol. The van der Waals surface area contributed by atoms with Crippen molar-refractivity contribution in [3.63, 3.8) is 0 Å². The molecular formula is C7H7Br2NO2. The van der Waals surface area contributed by atoms with E-state index in [1.165, 1.54) is 0 Å². The van der Waals surface area contributed by atoms with Crippen LogP contribution in [0.25, 0.3) is 0 Å². The Morgan fingerprint density at radius 2 is 2.17 bits per heavy atom. The van der Waals surface area contributed by atoms with Crippen molar-refractivity contribution in [3.8, 4) is 0 Å². The van der Waals surface area contributed by atoms with Gasteiger partial charge in [-0.25, -0.2) is 0 Å². The molecule has 0 radical (unpaired) electrons. The van der Waals surface area contributed by atoms with Gasteiger partial charge >= 0.3 is 0 Å². The van der Waals surface area contributed by atoms with Crippen LogP contribution in [-0.2, 0) is 0 Å². The van der Waals surface area contributed by atoms with E-state index in [0.717, 1.165) is 4.47 Å². The van der Waals surface area contributed by atoms with Crippen LogP contribution in [0.4, 0.5) is 0 Å². The van der Waals surface area contributed by atoms with Gasteiger partial charge in [-0.2, -0.15) is 0 Å². The van der Waals surface area contributed by atoms with Crippen LogP contribution in [0.2, 0.25) is 0 Å². The van der Waals surface area contributed by atoms with Crippen LogP contribution in [0.15, 0.2) is 21.2 Å². The van der Waals surface area contributed by atoms with Crippen molar-refractivity contribution in [3.05, 3.63) is 26.9 Å². The second-order valence-electron chi connectivity index (χ2n) is 2.22. The van der Waals surface area contributed by atoms with Crippen molar-refractivity contribution in [2.24, 2.45) is 0 Å². The summed E-state index contributed by atoms with van der Waals surface area (Å²) in [5.41, 5.74) is 0.445. The fourth-order valence-electron chi connectivity index (χ4n) is 0.757. The van der Waals surface area contributed by atoms with Gasteiger partial charge in [0.1, 0.15) is 6.10 Å². The summed E-state index contributed by atoms with van der Waals surface area (Å²) in [7, 11) is 0. The first-order chi connectivity index (χ1) is 5.65. The van der Waals surface area contributed by atoms with Crippen LogP contribution in [0, 0.1) is 0 Å². The minimum atomic E-state index is -0.924. The molecule has 0 aliphatic carbocycles. The minimum Gasteiger partial charge on any atom is -0.393 e. The molecule has 1 unspecified atom stereocenters. The SMILES string of the molecule is OCC(O)c1ncc(Br)cc1Br. The molecule has 12 heavy (non-hydrogen) atoms. The van der Waals surface area contributed by atoms with E-state index in [4.69, 9.17) is 5.11 Å². The lowest BCUT2D eigenvalue weighted by molar-refractivity contribution is 0.0916. The number of aliphatic hydroxyl groups excluding tert-OH is 2. The molecule has 0 spiro atoms. The molecule has 3 nitrogen and oxygen atoms in total. The lowest BCUT2D eigenvalue weighted by Gasteiger charge is -2.08. The fraction of sp³-hybridized carbons (Fsp3) is 0.286. The van der Waals surface area contributed by atoms with Gasteiger partial charge in [-0.05, 0) is 37.9 Å². The first-order valence-electron chi connectivity index (χ1n) is 3.25. The predicted octanol–water partition coefficient (Wildman–Crippen LogP) is 1.63. The second-order valence-corrected chi connectivity index (χ2v) is 3.99. The zero-order chi connectivity index (χ0) is 9.14. The van der Waals surface area contributed by atoms with Crippen molar-refractivity contribution in [1.29, 1.82) is 0 Å². The average Bonchev–Trinajstić information content (AvgIpc) is 2.03. The van der Waals surface area contributed by atoms with Gasteiger partial charge in [0.25, 0.3) is 0 Å². The van der Waals surface area contributed by atoms with E-state index in [1.54, 1.807) is 12.3 Å². The van der Waals surface area contributed by atoms with Gasteiger partial charge < -0.3 is 10.2 Å². The van der Waals surface area contributed by atoms with Gasteiger partial charge in [0.15, 0.2) is 0 Å². The smallest absolute Gasteiger partial charge is 0.120 e. The third-order valence-corrected chi connectivity index (χ3v) is 2.39. The number of hydrogen-bond donors (Lipinski definition) is 2. The van der Waals surface area contributed by atoms with E-state index in [0.29, 0.717) is 10.2 Å². The summed E-state index contributed by atoms with van der Waals surface area (Å²) >= 11 is 6.46. The normalized spacial score (nSPS) is 13.0. The van der Waals surface area contributed by atoms with E-state index >= 15 is 0 Å². The van der Waals surface area contributed by atoms with Gasteiger partial charge in [0.05, 0.1) is 12.3 Å². The molecule has 1 atom stereocenters. The Labute approximate surface area is 86.7 Å². The maximum Gasteiger partial charge on any atom is 0.120 e. The van der Waals surface area contributed by atoms with Crippen molar-refractivity contribution in [2.45, 2.75) is 6.10 Å². The number of aromatic nitrogens is 1. The van der Waals surface area contributed by atoms with E-state index in [-0.39, 0.29) is 6.61 Å². The number of halogens is 2. The number of hydrogen-bond acceptors (Lipinski definition) is 3. The zero-order valence-corrected chi connectivity index (χ0v) is 9.21. The highest BCUT2D eigenvalue weighted by atomic mass is 79.9. The Morgan fingerprint density at radius 1 is 1.50 bits per heavy atom. The Kier molecular flexibility index (Phi) is 3.64. The fourth-order valence-corrected chi connectivity index (χ4v) is 2.01. The maximum absolute atomic E-state index is 9.24. The van der Waals surface area contributed by atoms with Gasteiger partial charge in [0, 0.05) is 15.1 Å². The molecule has 0 aromatic carbocycles. The molecule has 0 aliphatic rings. The predicted molar refractivity (Wildman–Crippen MR) is 51.7 cm³/mol. The topological polar surface area (TPSA) is 53.4 Å². The summed E-state index contributed by atoms with van der Waals surface area (Å²) in [4.78, 5) is 3.94. The lowest BCUT2D eigenvalue weighted by atomic mass is 10.2. The van der Waals surface area contributed by atoms with Crippen LogP contribution >= 0.6 is 31.9 Å². The van der Waals surface area contributed by atoms with Crippen molar-refractivity contribution >= 4 is 31.9 Å². The summed E-state index contributed by atoms with van der Waals surface area (Å²) < 4.78 is 1.50.